The molecule has 0 amide bonds. The molecule has 5 rings (SSSR count). The molecule has 0 atom stereocenters. The predicted octanol–water partition coefficient (Wildman–Crippen LogP) is 3.94. The fourth-order valence-corrected chi connectivity index (χ4v) is 4.08. The third kappa shape index (κ3) is 4.43. The first kappa shape index (κ1) is 24.6. The molecule has 10 nitrogen and oxygen atoms in total. The Morgan fingerprint density at radius 2 is 1.45 bits per heavy atom. The Labute approximate surface area is 218 Å². The number of rotatable bonds is 7. The topological polar surface area (TPSA) is 95.9 Å². The van der Waals surface area contributed by atoms with Crippen LogP contribution in [0.25, 0.3) is 11.2 Å². The summed E-state index contributed by atoms with van der Waals surface area (Å²) in [4.78, 5) is 29.4. The molecule has 10 heteroatoms. The molecular formula is C28H26N6O4. The van der Waals surface area contributed by atoms with Crippen LogP contribution in [0.5, 0.6) is 17.5 Å². The van der Waals surface area contributed by atoms with Crippen LogP contribution in [0.2, 0.25) is 0 Å². The number of methoxy groups -OCH3 is 1. The minimum Gasteiger partial charge on any atom is -0.493 e. The van der Waals surface area contributed by atoms with Crippen LogP contribution in [0.15, 0.2) is 93.6 Å². The minimum atomic E-state index is -0.464. The quantitative estimate of drug-likeness (QED) is 0.243. The Hall–Kier alpha value is -5.12. The molecule has 0 fully saturated rings. The number of ether oxygens (including phenoxy) is 2. The Morgan fingerprint density at radius 1 is 0.816 bits per heavy atom. The SMILES string of the molecule is COc1cc(/C=N\N(c2ccccc2)c2ccccc2)ccc1Oc1nc2c(c(=O)n(C)c(=O)n2C)n1C. The number of fused-ring (bicyclic) bond motifs is 1. The average molecular weight is 511 g/mol. The highest BCUT2D eigenvalue weighted by Crippen LogP contribution is 2.32. The number of hydrazone groups is 1. The largest absolute Gasteiger partial charge is 0.493 e. The van der Waals surface area contributed by atoms with Gasteiger partial charge in [0.2, 0.25) is 0 Å². The molecule has 0 radical (unpaired) electrons. The van der Waals surface area contributed by atoms with Crippen LogP contribution in [-0.2, 0) is 21.1 Å². The van der Waals surface area contributed by atoms with Crippen LogP contribution in [0, 0.1) is 0 Å². The van der Waals surface area contributed by atoms with Crippen molar-refractivity contribution in [2.45, 2.75) is 0 Å². The normalized spacial score (nSPS) is 11.3. The Kier molecular flexibility index (Phi) is 6.53. The molecule has 0 saturated carbocycles. The third-order valence-electron chi connectivity index (χ3n) is 6.15. The molecule has 0 aliphatic rings. The molecule has 5 aromatic rings. The third-order valence-corrected chi connectivity index (χ3v) is 6.15. The molecule has 0 N–H and O–H groups in total. The van der Waals surface area contributed by atoms with E-state index in [4.69, 9.17) is 14.6 Å². The number of anilines is 2. The summed E-state index contributed by atoms with van der Waals surface area (Å²) in [5.74, 6) is 0.849. The highest BCUT2D eigenvalue weighted by atomic mass is 16.5. The van der Waals surface area contributed by atoms with E-state index < -0.39 is 11.2 Å². The molecule has 0 unspecified atom stereocenters. The first-order chi connectivity index (χ1) is 18.4. The van der Waals surface area contributed by atoms with Gasteiger partial charge in [-0.1, -0.05) is 36.4 Å². The number of nitrogens with zero attached hydrogens (tertiary/aromatic N) is 6. The van der Waals surface area contributed by atoms with E-state index in [1.807, 2.05) is 71.7 Å². The van der Waals surface area contributed by atoms with Gasteiger partial charge in [-0.15, -0.1) is 0 Å². The lowest BCUT2D eigenvalue weighted by atomic mass is 10.2. The summed E-state index contributed by atoms with van der Waals surface area (Å²) in [6.07, 6.45) is 1.74. The first-order valence-corrected chi connectivity index (χ1v) is 11.8. The van der Waals surface area contributed by atoms with Gasteiger partial charge < -0.3 is 9.47 Å². The molecule has 0 aliphatic heterocycles. The second-order valence-electron chi connectivity index (χ2n) is 8.57. The van der Waals surface area contributed by atoms with E-state index in [0.717, 1.165) is 21.5 Å². The van der Waals surface area contributed by atoms with Crippen molar-refractivity contribution in [3.63, 3.8) is 0 Å². The van der Waals surface area contributed by atoms with E-state index in [-0.39, 0.29) is 17.2 Å². The maximum absolute atomic E-state index is 12.7. The van der Waals surface area contributed by atoms with Crippen molar-refractivity contribution in [1.82, 2.24) is 18.7 Å². The number of para-hydroxylation sites is 2. The van der Waals surface area contributed by atoms with Gasteiger partial charge in [0, 0.05) is 21.1 Å². The monoisotopic (exact) mass is 510 g/mol. The van der Waals surface area contributed by atoms with Crippen molar-refractivity contribution >= 4 is 28.8 Å². The Balaban J connectivity index is 1.48. The van der Waals surface area contributed by atoms with E-state index in [0.29, 0.717) is 11.5 Å². The maximum atomic E-state index is 12.7. The van der Waals surface area contributed by atoms with E-state index in [1.165, 1.54) is 23.3 Å². The summed E-state index contributed by atoms with van der Waals surface area (Å²) in [7, 11) is 6.19. The second-order valence-corrected chi connectivity index (χ2v) is 8.57. The van der Waals surface area contributed by atoms with E-state index in [9.17, 15) is 9.59 Å². The highest BCUT2D eigenvalue weighted by molar-refractivity contribution is 5.83. The van der Waals surface area contributed by atoms with Crippen molar-refractivity contribution in [2.75, 3.05) is 12.1 Å². The van der Waals surface area contributed by atoms with E-state index in [2.05, 4.69) is 4.98 Å². The van der Waals surface area contributed by atoms with Gasteiger partial charge >= 0.3 is 11.7 Å². The van der Waals surface area contributed by atoms with Crippen molar-refractivity contribution < 1.29 is 9.47 Å². The summed E-state index contributed by atoms with van der Waals surface area (Å²) in [5.41, 5.74) is 2.21. The molecule has 3 aromatic carbocycles. The van der Waals surface area contributed by atoms with Gasteiger partial charge in [0.05, 0.1) is 24.7 Å². The van der Waals surface area contributed by atoms with Crippen molar-refractivity contribution in [3.05, 3.63) is 105 Å². The first-order valence-electron chi connectivity index (χ1n) is 11.8. The smallest absolute Gasteiger partial charge is 0.332 e. The second kappa shape index (κ2) is 10.1. The molecule has 0 saturated heterocycles. The summed E-state index contributed by atoms with van der Waals surface area (Å²) < 4.78 is 15.5. The molecule has 2 heterocycles. The van der Waals surface area contributed by atoms with Crippen molar-refractivity contribution in [2.24, 2.45) is 26.2 Å². The molecule has 2 aromatic heterocycles. The summed E-state index contributed by atoms with van der Waals surface area (Å²) in [6.45, 7) is 0. The molecule has 38 heavy (non-hydrogen) atoms. The van der Waals surface area contributed by atoms with Gasteiger partial charge in [0.1, 0.15) is 0 Å². The number of aryl methyl sites for hydroxylation is 2. The van der Waals surface area contributed by atoms with Gasteiger partial charge in [-0.3, -0.25) is 18.5 Å². The van der Waals surface area contributed by atoms with Gasteiger partial charge in [-0.2, -0.15) is 10.1 Å². The van der Waals surface area contributed by atoms with E-state index >= 15 is 0 Å². The van der Waals surface area contributed by atoms with Crippen LogP contribution in [0.3, 0.4) is 0 Å². The van der Waals surface area contributed by atoms with Gasteiger partial charge in [-0.05, 0) is 48.0 Å². The lowest BCUT2D eigenvalue weighted by Crippen LogP contribution is -2.37. The standard InChI is InChI=1S/C28H26N6O4/c1-31-24-25(32(2)28(36)33(3)26(24)35)30-27(31)38-22-16-15-19(17-23(22)37-4)18-29-34(20-11-7-5-8-12-20)21-13-9-6-10-14-21/h5-18H,1-4H3/b29-18-. The Bertz CT molecular complexity index is 1710. The fraction of sp³-hybridized carbons (Fsp3) is 0.143. The molecular weight excluding hydrogens is 484 g/mol. The van der Waals surface area contributed by atoms with Crippen molar-refractivity contribution in [1.29, 1.82) is 0 Å². The number of hydrogen-bond donors (Lipinski definition) is 0. The fourth-order valence-electron chi connectivity index (χ4n) is 4.08. The average Bonchev–Trinajstić information content (AvgIpc) is 3.28. The summed E-state index contributed by atoms with van der Waals surface area (Å²) in [5, 5.41) is 6.58. The van der Waals surface area contributed by atoms with Gasteiger partial charge in [0.25, 0.3) is 5.56 Å². The van der Waals surface area contributed by atoms with Crippen LogP contribution in [0.1, 0.15) is 5.56 Å². The minimum absolute atomic E-state index is 0.150. The van der Waals surface area contributed by atoms with Crippen LogP contribution in [-0.4, -0.2) is 32.0 Å². The highest BCUT2D eigenvalue weighted by Gasteiger charge is 2.19. The van der Waals surface area contributed by atoms with Gasteiger partial charge in [0.15, 0.2) is 22.7 Å². The maximum Gasteiger partial charge on any atom is 0.332 e. The molecule has 0 spiro atoms. The lowest BCUT2D eigenvalue weighted by Gasteiger charge is -2.19. The summed E-state index contributed by atoms with van der Waals surface area (Å²) in [6, 6.07) is 25.3. The van der Waals surface area contributed by atoms with Crippen LogP contribution in [0.4, 0.5) is 11.4 Å². The molecule has 192 valence electrons. The number of benzene rings is 3. The van der Waals surface area contributed by atoms with E-state index in [1.54, 1.807) is 32.4 Å². The van der Waals surface area contributed by atoms with Crippen molar-refractivity contribution in [3.8, 4) is 17.5 Å². The lowest BCUT2D eigenvalue weighted by molar-refractivity contribution is 0.363. The summed E-state index contributed by atoms with van der Waals surface area (Å²) >= 11 is 0. The Morgan fingerprint density at radius 3 is 2.05 bits per heavy atom. The zero-order valence-electron chi connectivity index (χ0n) is 21.4. The number of aromatic nitrogens is 4. The number of imidazole rings is 1. The predicted molar refractivity (Wildman–Crippen MR) is 147 cm³/mol. The van der Waals surface area contributed by atoms with Gasteiger partial charge in [-0.25, -0.2) is 9.80 Å². The zero-order chi connectivity index (χ0) is 26.8. The molecule has 0 aliphatic carbocycles. The molecule has 0 bridgehead atoms. The zero-order valence-corrected chi connectivity index (χ0v) is 21.4. The number of hydrogen-bond acceptors (Lipinski definition) is 7. The van der Waals surface area contributed by atoms with Crippen LogP contribution >= 0.6 is 0 Å². The van der Waals surface area contributed by atoms with Crippen LogP contribution < -0.4 is 25.7 Å².